The van der Waals surface area contributed by atoms with Gasteiger partial charge in [0.1, 0.15) is 0 Å². The topological polar surface area (TPSA) is 110 Å². The minimum atomic E-state index is -0.664. The van der Waals surface area contributed by atoms with E-state index in [1.54, 1.807) is 28.8 Å². The average Bonchev–Trinajstić information content (AvgIpc) is 3.31. The van der Waals surface area contributed by atoms with Crippen molar-refractivity contribution in [3.8, 4) is 5.69 Å². The summed E-state index contributed by atoms with van der Waals surface area (Å²) in [6.45, 7) is 2.59. The van der Waals surface area contributed by atoms with Gasteiger partial charge >= 0.3 is 0 Å². The van der Waals surface area contributed by atoms with E-state index in [4.69, 9.17) is 4.84 Å². The van der Waals surface area contributed by atoms with Gasteiger partial charge in [0.05, 0.1) is 50.1 Å². The van der Waals surface area contributed by atoms with Crippen molar-refractivity contribution in [2.45, 2.75) is 19.6 Å². The molecule has 0 fully saturated rings. The van der Waals surface area contributed by atoms with Gasteiger partial charge in [-0.2, -0.15) is 10.2 Å². The van der Waals surface area contributed by atoms with E-state index in [1.165, 1.54) is 18.4 Å². The lowest BCUT2D eigenvalue weighted by Gasteiger charge is -2.17. The van der Waals surface area contributed by atoms with E-state index in [-0.39, 0.29) is 12.2 Å². The lowest BCUT2D eigenvalue weighted by atomic mass is 10.2. The van der Waals surface area contributed by atoms with Crippen LogP contribution in [0.4, 0.5) is 5.69 Å². The van der Waals surface area contributed by atoms with Gasteiger partial charge in [-0.25, -0.2) is 4.68 Å². The summed E-state index contributed by atoms with van der Waals surface area (Å²) in [7, 11) is 3.26. The summed E-state index contributed by atoms with van der Waals surface area (Å²) in [5.41, 5.74) is 2.61. The monoisotopic (exact) mass is 385 g/mol. The number of carbonyl (C=O) groups excluding carboxylic acids is 1. The third kappa shape index (κ3) is 5.00. The van der Waals surface area contributed by atoms with E-state index < -0.39 is 12.0 Å². The predicted octanol–water partition coefficient (Wildman–Crippen LogP) is 0.879. The second-order valence-electron chi connectivity index (χ2n) is 6.44. The maximum Gasteiger partial charge on any atom is 0.277 e. The fourth-order valence-electron chi connectivity index (χ4n) is 2.63. The Labute approximate surface area is 162 Å². The van der Waals surface area contributed by atoms with Gasteiger partial charge in [-0.1, -0.05) is 17.3 Å². The molecule has 148 valence electrons. The summed E-state index contributed by atoms with van der Waals surface area (Å²) in [5, 5.41) is 26.3. The fraction of sp³-hybridized carbons (Fsp3) is 0.333. The summed E-state index contributed by atoms with van der Waals surface area (Å²) in [6, 6.07) is 7.74. The van der Waals surface area contributed by atoms with Crippen molar-refractivity contribution in [2.75, 3.05) is 26.0 Å². The van der Waals surface area contributed by atoms with Gasteiger partial charge in [0, 0.05) is 13.2 Å². The molecule has 1 amide bonds. The maximum atomic E-state index is 12.4. The number of aliphatic hydroxyl groups excluding tert-OH is 1. The fourth-order valence-corrected chi connectivity index (χ4v) is 2.63. The predicted molar refractivity (Wildman–Crippen MR) is 102 cm³/mol. The zero-order valence-corrected chi connectivity index (χ0v) is 16.0. The first-order valence-corrected chi connectivity index (χ1v) is 8.71. The molecule has 0 unspecified atom stereocenters. The van der Waals surface area contributed by atoms with E-state index in [1.807, 2.05) is 31.2 Å². The third-order valence-electron chi connectivity index (χ3n) is 4.06. The SMILES string of the molecule is CON(C)C[C@H](O)Cn1cc(NC(=O)c2cn(-c3cccc(C)c3)nn2)cn1. The van der Waals surface area contributed by atoms with E-state index in [9.17, 15) is 9.90 Å². The maximum absolute atomic E-state index is 12.4. The van der Waals surface area contributed by atoms with Gasteiger partial charge in [-0.05, 0) is 24.6 Å². The number of aromatic nitrogens is 5. The molecule has 3 rings (SSSR count). The first-order chi connectivity index (χ1) is 13.4. The molecule has 2 aromatic heterocycles. The molecular formula is C18H23N7O3. The minimum absolute atomic E-state index is 0.191. The van der Waals surface area contributed by atoms with Crippen molar-refractivity contribution in [2.24, 2.45) is 0 Å². The van der Waals surface area contributed by atoms with Crippen molar-refractivity contribution in [1.29, 1.82) is 0 Å². The van der Waals surface area contributed by atoms with Gasteiger partial charge in [0.15, 0.2) is 5.69 Å². The molecular weight excluding hydrogens is 362 g/mol. The van der Waals surface area contributed by atoms with Crippen LogP contribution < -0.4 is 5.32 Å². The number of amides is 1. The molecule has 0 saturated carbocycles. The Morgan fingerprint density at radius 1 is 1.39 bits per heavy atom. The van der Waals surface area contributed by atoms with Crippen molar-refractivity contribution in [1.82, 2.24) is 29.8 Å². The Morgan fingerprint density at radius 2 is 2.21 bits per heavy atom. The third-order valence-corrected chi connectivity index (χ3v) is 4.06. The second-order valence-corrected chi connectivity index (χ2v) is 6.44. The number of hydrogen-bond acceptors (Lipinski definition) is 7. The lowest BCUT2D eigenvalue weighted by molar-refractivity contribution is -0.129. The van der Waals surface area contributed by atoms with Crippen LogP contribution in [0.2, 0.25) is 0 Å². The molecule has 2 heterocycles. The number of hydrogen-bond donors (Lipinski definition) is 2. The number of rotatable bonds is 8. The van der Waals surface area contributed by atoms with Crippen LogP contribution in [0.5, 0.6) is 0 Å². The molecule has 28 heavy (non-hydrogen) atoms. The molecule has 10 nitrogen and oxygen atoms in total. The van der Waals surface area contributed by atoms with Gasteiger partial charge < -0.3 is 15.3 Å². The molecule has 0 aliphatic rings. The summed E-state index contributed by atoms with van der Waals surface area (Å²) in [4.78, 5) is 17.4. The lowest BCUT2D eigenvalue weighted by Crippen LogP contribution is -2.31. The number of nitrogens with zero attached hydrogens (tertiary/aromatic N) is 6. The average molecular weight is 385 g/mol. The number of benzene rings is 1. The molecule has 0 aliphatic carbocycles. The quantitative estimate of drug-likeness (QED) is 0.554. The summed E-state index contributed by atoms with van der Waals surface area (Å²) in [5.74, 6) is -0.391. The van der Waals surface area contributed by atoms with Gasteiger partial charge in [-0.3, -0.25) is 9.48 Å². The molecule has 3 aromatic rings. The number of aliphatic hydroxyl groups is 1. The second kappa shape index (κ2) is 8.74. The Morgan fingerprint density at radius 3 is 2.96 bits per heavy atom. The van der Waals surface area contributed by atoms with Crippen LogP contribution >= 0.6 is 0 Å². The highest BCUT2D eigenvalue weighted by atomic mass is 16.7. The molecule has 1 aromatic carbocycles. The smallest absolute Gasteiger partial charge is 0.277 e. The van der Waals surface area contributed by atoms with E-state index >= 15 is 0 Å². The van der Waals surface area contributed by atoms with E-state index in [0.29, 0.717) is 12.2 Å². The highest BCUT2D eigenvalue weighted by molar-refractivity contribution is 6.02. The minimum Gasteiger partial charge on any atom is -0.390 e. The number of nitrogens with one attached hydrogen (secondary N) is 1. The zero-order chi connectivity index (χ0) is 20.1. The molecule has 0 aliphatic heterocycles. The molecule has 0 bridgehead atoms. The van der Waals surface area contributed by atoms with Crippen LogP contribution in [0.15, 0.2) is 42.9 Å². The summed E-state index contributed by atoms with van der Waals surface area (Å²) < 4.78 is 3.10. The standard InChI is InChI=1S/C18H23N7O3/c1-13-5-4-6-15(7-13)25-12-17(21-22-25)18(27)20-14-8-19-24(9-14)11-16(26)10-23(2)28-3/h4-9,12,16,26H,10-11H2,1-3H3,(H,20,27)/t16-/m0/s1. The molecule has 0 saturated heterocycles. The van der Waals surface area contributed by atoms with Crippen molar-refractivity contribution < 1.29 is 14.7 Å². The van der Waals surface area contributed by atoms with Crippen molar-refractivity contribution in [3.05, 3.63) is 54.1 Å². The number of carbonyl (C=O) groups is 1. The Bertz CT molecular complexity index is 937. The zero-order valence-electron chi connectivity index (χ0n) is 16.0. The molecule has 1 atom stereocenters. The van der Waals surface area contributed by atoms with Crippen molar-refractivity contribution >= 4 is 11.6 Å². The number of aryl methyl sites for hydroxylation is 1. The van der Waals surface area contributed by atoms with E-state index in [0.717, 1.165) is 11.3 Å². The Balaban J connectivity index is 1.60. The number of anilines is 1. The summed E-state index contributed by atoms with van der Waals surface area (Å²) >= 11 is 0. The Hall–Kier alpha value is -3.08. The van der Waals surface area contributed by atoms with Gasteiger partial charge in [0.25, 0.3) is 5.91 Å². The van der Waals surface area contributed by atoms with Crippen LogP contribution in [-0.2, 0) is 11.4 Å². The first-order valence-electron chi connectivity index (χ1n) is 8.71. The van der Waals surface area contributed by atoms with Crippen LogP contribution in [0.1, 0.15) is 16.1 Å². The van der Waals surface area contributed by atoms with Crippen LogP contribution in [0.25, 0.3) is 5.69 Å². The molecule has 0 radical (unpaired) electrons. The normalized spacial score (nSPS) is 12.3. The van der Waals surface area contributed by atoms with Crippen LogP contribution in [-0.4, -0.2) is 67.7 Å². The first kappa shape index (κ1) is 19.7. The number of likely N-dealkylation sites (N-methyl/N-ethyl adjacent to an activating group) is 1. The largest absolute Gasteiger partial charge is 0.390 e. The van der Waals surface area contributed by atoms with Gasteiger partial charge in [0.2, 0.25) is 0 Å². The highest BCUT2D eigenvalue weighted by Crippen LogP contribution is 2.11. The molecule has 2 N–H and O–H groups in total. The number of hydroxylamine groups is 2. The van der Waals surface area contributed by atoms with Gasteiger partial charge in [-0.15, -0.1) is 5.10 Å². The molecule has 0 spiro atoms. The molecule has 10 heteroatoms. The van der Waals surface area contributed by atoms with Crippen LogP contribution in [0.3, 0.4) is 0 Å². The Kier molecular flexibility index (Phi) is 6.14. The van der Waals surface area contributed by atoms with E-state index in [2.05, 4.69) is 20.7 Å². The summed E-state index contributed by atoms with van der Waals surface area (Å²) in [6.07, 6.45) is 4.05. The highest BCUT2D eigenvalue weighted by Gasteiger charge is 2.14. The van der Waals surface area contributed by atoms with Crippen molar-refractivity contribution in [3.63, 3.8) is 0 Å². The van der Waals surface area contributed by atoms with Crippen LogP contribution in [0, 0.1) is 6.92 Å².